The van der Waals surface area contributed by atoms with Crippen LogP contribution in [0.15, 0.2) is 18.2 Å². The molecule has 0 atom stereocenters. The molecule has 3 nitrogen and oxygen atoms in total. The van der Waals surface area contributed by atoms with Crippen LogP contribution >= 0.6 is 0 Å². The monoisotopic (exact) mass is 207 g/mol. The summed E-state index contributed by atoms with van der Waals surface area (Å²) in [5.41, 5.74) is 1.47. The average molecular weight is 207 g/mol. The molecular formula is C11H10FNO2. The number of halogens is 1. The second-order valence-electron chi connectivity index (χ2n) is 3.49. The molecule has 0 aliphatic rings. The molecule has 0 unspecified atom stereocenters. The quantitative estimate of drug-likeness (QED) is 0.779. The Kier molecular flexibility index (Phi) is 2.00. The maximum Gasteiger partial charge on any atom is 0.338 e. The highest BCUT2D eigenvalue weighted by Crippen LogP contribution is 2.25. The fourth-order valence-electron chi connectivity index (χ4n) is 1.81. The molecule has 0 saturated carbocycles. The van der Waals surface area contributed by atoms with Crippen LogP contribution < -0.4 is 0 Å². The van der Waals surface area contributed by atoms with Crippen molar-refractivity contribution in [1.29, 1.82) is 0 Å². The minimum absolute atomic E-state index is 0.243. The summed E-state index contributed by atoms with van der Waals surface area (Å²) >= 11 is 0. The number of carbonyl (C=O) groups is 1. The fraction of sp³-hybridized carbons (Fsp3) is 0.182. The van der Waals surface area contributed by atoms with Gasteiger partial charge < -0.3 is 9.67 Å². The molecule has 0 bridgehead atoms. The first kappa shape index (κ1) is 9.71. The molecule has 78 valence electrons. The summed E-state index contributed by atoms with van der Waals surface area (Å²) in [6.07, 6.45) is 0. The van der Waals surface area contributed by atoms with E-state index in [2.05, 4.69) is 0 Å². The van der Waals surface area contributed by atoms with E-state index in [4.69, 9.17) is 5.11 Å². The van der Waals surface area contributed by atoms with Crippen molar-refractivity contribution in [3.8, 4) is 0 Å². The number of benzene rings is 1. The van der Waals surface area contributed by atoms with E-state index in [9.17, 15) is 9.18 Å². The van der Waals surface area contributed by atoms with Gasteiger partial charge >= 0.3 is 5.97 Å². The van der Waals surface area contributed by atoms with Gasteiger partial charge in [-0.15, -0.1) is 0 Å². The summed E-state index contributed by atoms with van der Waals surface area (Å²) < 4.78 is 14.7. The molecule has 1 N–H and O–H groups in total. The SMILES string of the molecule is Cc1c(C(=O)O)c2ccc(F)cc2n1C. The van der Waals surface area contributed by atoms with Gasteiger partial charge in [0.05, 0.1) is 11.1 Å². The zero-order chi connectivity index (χ0) is 11.2. The number of fused-ring (bicyclic) bond motifs is 1. The van der Waals surface area contributed by atoms with E-state index < -0.39 is 5.97 Å². The van der Waals surface area contributed by atoms with Gasteiger partial charge in [-0.2, -0.15) is 0 Å². The summed E-state index contributed by atoms with van der Waals surface area (Å²) in [4.78, 5) is 11.0. The first-order valence-corrected chi connectivity index (χ1v) is 4.50. The third kappa shape index (κ3) is 1.29. The Morgan fingerprint density at radius 3 is 2.73 bits per heavy atom. The highest BCUT2D eigenvalue weighted by molar-refractivity contribution is 6.05. The Morgan fingerprint density at radius 1 is 1.47 bits per heavy atom. The number of aryl methyl sites for hydroxylation is 1. The van der Waals surface area contributed by atoms with E-state index in [1.807, 2.05) is 0 Å². The Balaban J connectivity index is 2.93. The Labute approximate surface area is 85.7 Å². The highest BCUT2D eigenvalue weighted by atomic mass is 19.1. The van der Waals surface area contributed by atoms with E-state index in [0.29, 0.717) is 16.6 Å². The topological polar surface area (TPSA) is 42.2 Å². The maximum absolute atomic E-state index is 13.0. The van der Waals surface area contributed by atoms with Crippen molar-refractivity contribution in [2.24, 2.45) is 7.05 Å². The van der Waals surface area contributed by atoms with Gasteiger partial charge in [-0.05, 0) is 25.1 Å². The van der Waals surface area contributed by atoms with E-state index in [1.165, 1.54) is 18.2 Å². The van der Waals surface area contributed by atoms with Gasteiger partial charge in [0.2, 0.25) is 0 Å². The van der Waals surface area contributed by atoms with E-state index in [0.717, 1.165) is 0 Å². The normalized spacial score (nSPS) is 10.9. The molecule has 0 aliphatic carbocycles. The van der Waals surface area contributed by atoms with Gasteiger partial charge in [-0.1, -0.05) is 0 Å². The Bertz CT molecular complexity index is 557. The molecule has 0 amide bonds. The molecule has 0 aliphatic heterocycles. The summed E-state index contributed by atoms with van der Waals surface area (Å²) in [5, 5.41) is 9.61. The largest absolute Gasteiger partial charge is 0.478 e. The average Bonchev–Trinajstić information content (AvgIpc) is 2.41. The minimum atomic E-state index is -0.982. The molecule has 4 heteroatoms. The predicted octanol–water partition coefficient (Wildman–Crippen LogP) is 2.32. The number of carboxylic acid groups (broad SMARTS) is 1. The smallest absolute Gasteiger partial charge is 0.338 e. The number of rotatable bonds is 1. The Morgan fingerprint density at radius 2 is 2.13 bits per heavy atom. The van der Waals surface area contributed by atoms with Crippen LogP contribution in [0.2, 0.25) is 0 Å². The minimum Gasteiger partial charge on any atom is -0.478 e. The molecule has 0 saturated heterocycles. The van der Waals surface area contributed by atoms with Crippen LogP contribution in [0.25, 0.3) is 10.9 Å². The second kappa shape index (κ2) is 3.08. The van der Waals surface area contributed by atoms with Gasteiger partial charge in [0.1, 0.15) is 5.82 Å². The highest BCUT2D eigenvalue weighted by Gasteiger charge is 2.17. The van der Waals surface area contributed by atoms with Crippen LogP contribution in [0.1, 0.15) is 16.1 Å². The van der Waals surface area contributed by atoms with Crippen LogP contribution in [-0.2, 0) is 7.05 Å². The van der Waals surface area contributed by atoms with E-state index in [-0.39, 0.29) is 11.4 Å². The van der Waals surface area contributed by atoms with Crippen LogP contribution in [0.3, 0.4) is 0 Å². The molecule has 0 radical (unpaired) electrons. The third-order valence-corrected chi connectivity index (χ3v) is 2.67. The molecule has 2 rings (SSSR count). The first-order valence-electron chi connectivity index (χ1n) is 4.50. The number of hydrogen-bond donors (Lipinski definition) is 1. The van der Waals surface area contributed by atoms with Crippen LogP contribution in [-0.4, -0.2) is 15.6 Å². The maximum atomic E-state index is 13.0. The van der Waals surface area contributed by atoms with Gasteiger partial charge in [0, 0.05) is 18.1 Å². The van der Waals surface area contributed by atoms with Crippen molar-refractivity contribution in [3.63, 3.8) is 0 Å². The number of nitrogens with zero attached hydrogens (tertiary/aromatic N) is 1. The number of aromatic carboxylic acids is 1. The number of carboxylic acids is 1. The van der Waals surface area contributed by atoms with Gasteiger partial charge in [0.15, 0.2) is 0 Å². The molecule has 1 heterocycles. The lowest BCUT2D eigenvalue weighted by atomic mass is 10.1. The van der Waals surface area contributed by atoms with Gasteiger partial charge in [-0.3, -0.25) is 0 Å². The van der Waals surface area contributed by atoms with Crippen LogP contribution in [0, 0.1) is 12.7 Å². The molecule has 0 fully saturated rings. The fourth-order valence-corrected chi connectivity index (χ4v) is 1.81. The van der Waals surface area contributed by atoms with Crippen molar-refractivity contribution in [2.45, 2.75) is 6.92 Å². The number of aromatic nitrogens is 1. The summed E-state index contributed by atoms with van der Waals surface area (Å²) in [5.74, 6) is -1.34. The molecule has 1 aromatic heterocycles. The zero-order valence-electron chi connectivity index (χ0n) is 8.41. The van der Waals surface area contributed by atoms with E-state index in [1.54, 1.807) is 18.5 Å². The molecule has 2 aromatic rings. The standard InChI is InChI=1S/C11H10FNO2/c1-6-10(11(14)15)8-4-3-7(12)5-9(8)13(6)2/h3-5H,1-2H3,(H,14,15). The third-order valence-electron chi connectivity index (χ3n) is 2.67. The predicted molar refractivity (Wildman–Crippen MR) is 54.6 cm³/mol. The summed E-state index contributed by atoms with van der Waals surface area (Å²) in [7, 11) is 1.73. The van der Waals surface area contributed by atoms with Gasteiger partial charge in [-0.25, -0.2) is 9.18 Å². The molecule has 0 spiro atoms. The van der Waals surface area contributed by atoms with Crippen LogP contribution in [0.4, 0.5) is 4.39 Å². The Hall–Kier alpha value is -1.84. The zero-order valence-corrected chi connectivity index (χ0v) is 8.41. The van der Waals surface area contributed by atoms with Crippen molar-refractivity contribution >= 4 is 16.9 Å². The van der Waals surface area contributed by atoms with Gasteiger partial charge in [0.25, 0.3) is 0 Å². The van der Waals surface area contributed by atoms with Crippen molar-refractivity contribution in [1.82, 2.24) is 4.57 Å². The lowest BCUT2D eigenvalue weighted by Crippen LogP contribution is -1.99. The second-order valence-corrected chi connectivity index (χ2v) is 3.49. The molecule has 1 aromatic carbocycles. The van der Waals surface area contributed by atoms with Crippen molar-refractivity contribution in [3.05, 3.63) is 35.3 Å². The summed E-state index contributed by atoms with van der Waals surface area (Å²) in [6.45, 7) is 1.71. The van der Waals surface area contributed by atoms with Crippen LogP contribution in [0.5, 0.6) is 0 Å². The lowest BCUT2D eigenvalue weighted by Gasteiger charge is -1.97. The summed E-state index contributed by atoms with van der Waals surface area (Å²) in [6, 6.07) is 4.12. The first-order chi connectivity index (χ1) is 7.02. The molecule has 15 heavy (non-hydrogen) atoms. The molecular weight excluding hydrogens is 197 g/mol. The lowest BCUT2D eigenvalue weighted by molar-refractivity contribution is 0.0698. The van der Waals surface area contributed by atoms with Crippen molar-refractivity contribution < 1.29 is 14.3 Å². The van der Waals surface area contributed by atoms with E-state index >= 15 is 0 Å². The number of hydrogen-bond acceptors (Lipinski definition) is 1. The van der Waals surface area contributed by atoms with Crippen molar-refractivity contribution in [2.75, 3.05) is 0 Å².